The van der Waals surface area contributed by atoms with Crippen molar-refractivity contribution in [1.29, 1.82) is 0 Å². The Labute approximate surface area is 194 Å². The van der Waals surface area contributed by atoms with Crippen LogP contribution in [-0.2, 0) is 16.0 Å². The molecule has 0 saturated carbocycles. The Hall–Kier alpha value is -3.54. The van der Waals surface area contributed by atoms with Crippen LogP contribution in [0.5, 0.6) is 11.5 Å². The van der Waals surface area contributed by atoms with Gasteiger partial charge >= 0.3 is 0 Å². The maximum absolute atomic E-state index is 13.1. The van der Waals surface area contributed by atoms with Crippen molar-refractivity contribution in [2.24, 2.45) is 0 Å². The van der Waals surface area contributed by atoms with Crippen molar-refractivity contribution < 1.29 is 24.2 Å². The van der Waals surface area contributed by atoms with E-state index in [0.717, 1.165) is 42.6 Å². The predicted octanol–water partition coefficient (Wildman–Crippen LogP) is 4.80. The molecule has 1 unspecified atom stereocenters. The van der Waals surface area contributed by atoms with E-state index in [4.69, 9.17) is 9.47 Å². The number of likely N-dealkylation sites (tertiary alicyclic amines) is 1. The first-order chi connectivity index (χ1) is 16.0. The number of hydrogen-bond acceptors (Lipinski definition) is 5. The van der Waals surface area contributed by atoms with Gasteiger partial charge in [-0.25, -0.2) is 0 Å². The highest BCUT2D eigenvalue weighted by atomic mass is 16.5. The molecule has 1 atom stereocenters. The highest BCUT2D eigenvalue weighted by molar-refractivity contribution is 6.46. The number of unbranched alkanes of at least 4 members (excludes halogenated alkanes) is 1. The third-order valence-electron chi connectivity index (χ3n) is 6.02. The first-order valence-corrected chi connectivity index (χ1v) is 11.4. The van der Waals surface area contributed by atoms with Gasteiger partial charge in [0.1, 0.15) is 23.9 Å². The lowest BCUT2D eigenvalue weighted by Gasteiger charge is -2.25. The second-order valence-electron chi connectivity index (χ2n) is 8.29. The van der Waals surface area contributed by atoms with Crippen LogP contribution in [0.3, 0.4) is 0 Å². The Balaban J connectivity index is 1.81. The van der Waals surface area contributed by atoms with Crippen LogP contribution in [0.2, 0.25) is 0 Å². The molecular weight excluding hydrogens is 418 g/mol. The fraction of sp³-hybridized carbons (Fsp3) is 0.333. The number of aliphatic hydroxyl groups is 1. The number of aliphatic hydroxyl groups excluding tert-OH is 1. The smallest absolute Gasteiger partial charge is 0.295 e. The van der Waals surface area contributed by atoms with Gasteiger partial charge in [0, 0.05) is 12.1 Å². The predicted molar refractivity (Wildman–Crippen MR) is 126 cm³/mol. The molecule has 4 rings (SSSR count). The van der Waals surface area contributed by atoms with E-state index in [2.05, 4.69) is 6.58 Å². The van der Waals surface area contributed by atoms with E-state index in [0.29, 0.717) is 31.1 Å². The maximum atomic E-state index is 13.1. The minimum absolute atomic E-state index is 0.105. The molecule has 33 heavy (non-hydrogen) atoms. The number of ketones is 1. The molecule has 2 heterocycles. The number of amides is 1. The summed E-state index contributed by atoms with van der Waals surface area (Å²) in [6.45, 7) is 7.15. The molecule has 1 fully saturated rings. The fourth-order valence-corrected chi connectivity index (χ4v) is 4.38. The SMILES string of the molecule is C=CCOc1cccc(C2/C(=C(/O)c3ccc4c(c3)CCCO4)C(=O)C(=O)N2CCCC)c1. The van der Waals surface area contributed by atoms with Crippen LogP contribution in [0.15, 0.2) is 60.7 Å². The topological polar surface area (TPSA) is 76.1 Å². The molecule has 1 saturated heterocycles. The number of Topliss-reactive ketones (excluding diaryl/α,β-unsaturated/α-hetero) is 1. The standard InChI is InChI=1S/C27H29NO5/c1-3-5-13-28-24(19-8-6-10-21(17-19)32-14-4-2)23(26(30)27(28)31)25(29)20-11-12-22-18(16-20)9-7-15-33-22/h4,6,8,10-12,16-17,24,29H,2-3,5,7,9,13-15H2,1H3/b25-23-. The van der Waals surface area contributed by atoms with Crippen LogP contribution in [0.25, 0.3) is 5.76 Å². The molecule has 1 N–H and O–H groups in total. The number of rotatable bonds is 8. The summed E-state index contributed by atoms with van der Waals surface area (Å²) in [6.07, 6.45) is 5.03. The second kappa shape index (κ2) is 9.94. The van der Waals surface area contributed by atoms with Crippen molar-refractivity contribution >= 4 is 17.4 Å². The largest absolute Gasteiger partial charge is 0.507 e. The Morgan fingerprint density at radius 3 is 2.91 bits per heavy atom. The Morgan fingerprint density at radius 1 is 1.27 bits per heavy atom. The average molecular weight is 448 g/mol. The number of aryl methyl sites for hydroxylation is 1. The van der Waals surface area contributed by atoms with E-state index >= 15 is 0 Å². The van der Waals surface area contributed by atoms with E-state index in [1.165, 1.54) is 0 Å². The highest BCUT2D eigenvalue weighted by Crippen LogP contribution is 2.41. The zero-order chi connectivity index (χ0) is 23.4. The third kappa shape index (κ3) is 4.51. The summed E-state index contributed by atoms with van der Waals surface area (Å²) in [5.41, 5.74) is 2.32. The van der Waals surface area contributed by atoms with Crippen LogP contribution >= 0.6 is 0 Å². The van der Waals surface area contributed by atoms with Crippen LogP contribution in [0.1, 0.15) is 48.9 Å². The molecule has 0 bridgehead atoms. The number of hydrogen-bond donors (Lipinski definition) is 1. The minimum atomic E-state index is -0.684. The summed E-state index contributed by atoms with van der Waals surface area (Å²) in [6, 6.07) is 12.0. The van der Waals surface area contributed by atoms with Crippen molar-refractivity contribution in [3.05, 3.63) is 77.4 Å². The van der Waals surface area contributed by atoms with Crippen LogP contribution in [0.4, 0.5) is 0 Å². The Bertz CT molecular complexity index is 1100. The van der Waals surface area contributed by atoms with E-state index in [1.54, 1.807) is 17.0 Å². The molecule has 0 spiro atoms. The lowest BCUT2D eigenvalue weighted by atomic mass is 9.94. The van der Waals surface area contributed by atoms with Crippen molar-refractivity contribution in [3.8, 4) is 11.5 Å². The van der Waals surface area contributed by atoms with E-state index in [-0.39, 0.29) is 11.3 Å². The van der Waals surface area contributed by atoms with Gasteiger partial charge in [-0.1, -0.05) is 38.1 Å². The van der Waals surface area contributed by atoms with Crippen LogP contribution < -0.4 is 9.47 Å². The lowest BCUT2D eigenvalue weighted by Crippen LogP contribution is -2.30. The Morgan fingerprint density at radius 2 is 2.12 bits per heavy atom. The summed E-state index contributed by atoms with van der Waals surface area (Å²) < 4.78 is 11.3. The fourth-order valence-electron chi connectivity index (χ4n) is 4.38. The van der Waals surface area contributed by atoms with E-state index in [9.17, 15) is 14.7 Å². The number of carbonyl (C=O) groups is 2. The van der Waals surface area contributed by atoms with Crippen molar-refractivity contribution in [1.82, 2.24) is 4.90 Å². The van der Waals surface area contributed by atoms with Crippen LogP contribution in [0, 0.1) is 0 Å². The molecule has 0 radical (unpaired) electrons. The van der Waals surface area contributed by atoms with E-state index in [1.807, 2.05) is 43.3 Å². The highest BCUT2D eigenvalue weighted by Gasteiger charge is 2.45. The number of ether oxygens (including phenoxy) is 2. The zero-order valence-electron chi connectivity index (χ0n) is 18.9. The monoisotopic (exact) mass is 447 g/mol. The first kappa shape index (κ1) is 22.6. The number of fused-ring (bicyclic) bond motifs is 1. The van der Waals surface area contributed by atoms with Crippen molar-refractivity contribution in [2.45, 2.75) is 38.6 Å². The molecule has 0 aliphatic carbocycles. The quantitative estimate of drug-likeness (QED) is 0.272. The van der Waals surface area contributed by atoms with Gasteiger partial charge in [-0.15, -0.1) is 0 Å². The van der Waals surface area contributed by atoms with Crippen molar-refractivity contribution in [2.75, 3.05) is 19.8 Å². The molecule has 2 aromatic rings. The maximum Gasteiger partial charge on any atom is 0.295 e. The van der Waals surface area contributed by atoms with Gasteiger partial charge in [-0.3, -0.25) is 9.59 Å². The summed E-state index contributed by atoms with van der Waals surface area (Å²) in [5.74, 6) is -0.0129. The lowest BCUT2D eigenvalue weighted by molar-refractivity contribution is -0.139. The van der Waals surface area contributed by atoms with Gasteiger partial charge < -0.3 is 19.5 Å². The molecule has 2 aliphatic rings. The van der Waals surface area contributed by atoms with Gasteiger partial charge in [0.05, 0.1) is 18.2 Å². The zero-order valence-corrected chi connectivity index (χ0v) is 18.9. The molecule has 2 aromatic carbocycles. The normalized spacial score (nSPS) is 19.2. The summed E-state index contributed by atoms with van der Waals surface area (Å²) in [5, 5.41) is 11.3. The van der Waals surface area contributed by atoms with Crippen LogP contribution in [-0.4, -0.2) is 41.5 Å². The number of carbonyl (C=O) groups excluding carboxylic acids is 2. The average Bonchev–Trinajstić information content (AvgIpc) is 3.10. The summed E-state index contributed by atoms with van der Waals surface area (Å²) in [4.78, 5) is 27.7. The molecule has 6 heteroatoms. The van der Waals surface area contributed by atoms with Gasteiger partial charge in [-0.2, -0.15) is 0 Å². The molecule has 2 aliphatic heterocycles. The summed E-state index contributed by atoms with van der Waals surface area (Å²) in [7, 11) is 0. The van der Waals surface area contributed by atoms with Gasteiger partial charge in [-0.05, 0) is 60.7 Å². The molecular formula is C27H29NO5. The second-order valence-corrected chi connectivity index (χ2v) is 8.29. The number of nitrogens with zero attached hydrogens (tertiary/aromatic N) is 1. The minimum Gasteiger partial charge on any atom is -0.507 e. The Kier molecular flexibility index (Phi) is 6.82. The van der Waals surface area contributed by atoms with Gasteiger partial charge in [0.2, 0.25) is 0 Å². The van der Waals surface area contributed by atoms with E-state index < -0.39 is 17.7 Å². The molecule has 172 valence electrons. The molecule has 6 nitrogen and oxygen atoms in total. The first-order valence-electron chi connectivity index (χ1n) is 11.4. The third-order valence-corrected chi connectivity index (χ3v) is 6.02. The van der Waals surface area contributed by atoms with Gasteiger partial charge in [0.25, 0.3) is 11.7 Å². The number of benzene rings is 2. The molecule has 1 amide bonds. The molecule has 0 aromatic heterocycles. The van der Waals surface area contributed by atoms with Crippen molar-refractivity contribution in [3.63, 3.8) is 0 Å². The summed E-state index contributed by atoms with van der Waals surface area (Å²) >= 11 is 0. The van der Waals surface area contributed by atoms with Gasteiger partial charge in [0.15, 0.2) is 0 Å².